The van der Waals surface area contributed by atoms with Crippen LogP contribution in [0.15, 0.2) is 48.8 Å². The summed E-state index contributed by atoms with van der Waals surface area (Å²) in [5.74, 6) is -1.53. The molecule has 2 rings (SSSR count). The minimum absolute atomic E-state index is 0.101. The molecule has 1 heterocycles. The summed E-state index contributed by atoms with van der Waals surface area (Å²) < 4.78 is 4.60. The normalized spacial score (nSPS) is 9.64. The second-order valence-electron chi connectivity index (χ2n) is 4.67. The first-order valence-electron chi connectivity index (χ1n) is 7.01. The van der Waals surface area contributed by atoms with E-state index in [9.17, 15) is 14.4 Å². The van der Waals surface area contributed by atoms with Gasteiger partial charge < -0.3 is 4.74 Å². The van der Waals surface area contributed by atoms with Crippen LogP contribution in [0.4, 0.5) is 0 Å². The minimum atomic E-state index is -0.556. The monoisotopic (exact) mass is 358 g/mol. The predicted octanol–water partition coefficient (Wildman–Crippen LogP) is 0.817. The highest BCUT2D eigenvalue weighted by Crippen LogP contribution is 2.06. The fourth-order valence-electron chi connectivity index (χ4n) is 1.80. The zero-order chi connectivity index (χ0) is 18.2. The number of hydrazine groups is 1. The first-order valence-corrected chi connectivity index (χ1v) is 7.42. The second kappa shape index (κ2) is 8.50. The third-order valence-corrected chi connectivity index (χ3v) is 3.21. The molecule has 1 aromatic heterocycles. The summed E-state index contributed by atoms with van der Waals surface area (Å²) in [6, 6.07) is 9.00. The van der Waals surface area contributed by atoms with Crippen LogP contribution in [0, 0.1) is 0 Å². The molecule has 0 unspecified atom stereocenters. The molecule has 0 fully saturated rings. The molecular formula is C16H14N4O4S. The molecule has 8 nitrogen and oxygen atoms in total. The lowest BCUT2D eigenvalue weighted by molar-refractivity contribution is 0.0600. The number of amides is 2. The summed E-state index contributed by atoms with van der Waals surface area (Å²) in [7, 11) is 1.25. The van der Waals surface area contributed by atoms with Crippen LogP contribution >= 0.6 is 12.2 Å². The van der Waals surface area contributed by atoms with Crippen LogP contribution in [0.5, 0.6) is 0 Å². The number of methoxy groups -OCH3 is 1. The Labute approximate surface area is 148 Å². The zero-order valence-corrected chi connectivity index (χ0v) is 13.9. The maximum atomic E-state index is 12.1. The second-order valence-corrected chi connectivity index (χ2v) is 5.08. The number of hydrogen-bond donors (Lipinski definition) is 3. The number of nitrogens with one attached hydrogen (secondary N) is 3. The molecule has 9 heteroatoms. The van der Waals surface area contributed by atoms with E-state index in [4.69, 9.17) is 12.2 Å². The van der Waals surface area contributed by atoms with Gasteiger partial charge in [0, 0.05) is 23.5 Å². The third-order valence-electron chi connectivity index (χ3n) is 3.00. The number of carbonyl (C=O) groups excluding carboxylic acids is 3. The number of carbonyl (C=O) groups is 3. The van der Waals surface area contributed by atoms with Gasteiger partial charge in [0.25, 0.3) is 11.8 Å². The van der Waals surface area contributed by atoms with Gasteiger partial charge in [-0.25, -0.2) is 4.79 Å². The van der Waals surface area contributed by atoms with E-state index in [0.29, 0.717) is 5.56 Å². The lowest BCUT2D eigenvalue weighted by atomic mass is 10.1. The molecule has 0 bridgehead atoms. The summed E-state index contributed by atoms with van der Waals surface area (Å²) in [6.07, 6.45) is 2.95. The Morgan fingerprint density at radius 1 is 0.960 bits per heavy atom. The lowest BCUT2D eigenvalue weighted by Crippen LogP contribution is -2.48. The fourth-order valence-corrected chi connectivity index (χ4v) is 1.94. The van der Waals surface area contributed by atoms with Gasteiger partial charge in [0.2, 0.25) is 0 Å². The Morgan fingerprint density at radius 3 is 2.32 bits per heavy atom. The van der Waals surface area contributed by atoms with Crippen LogP contribution < -0.4 is 16.2 Å². The van der Waals surface area contributed by atoms with Gasteiger partial charge in [0.15, 0.2) is 5.11 Å². The molecule has 25 heavy (non-hydrogen) atoms. The van der Waals surface area contributed by atoms with Crippen molar-refractivity contribution in [2.75, 3.05) is 7.11 Å². The Kier molecular flexibility index (Phi) is 6.13. The van der Waals surface area contributed by atoms with E-state index in [2.05, 4.69) is 25.9 Å². The van der Waals surface area contributed by atoms with Gasteiger partial charge in [-0.3, -0.25) is 30.7 Å². The molecule has 2 aromatic rings. The summed E-state index contributed by atoms with van der Waals surface area (Å²) in [6.45, 7) is 0. The predicted molar refractivity (Wildman–Crippen MR) is 92.7 cm³/mol. The molecule has 1 aromatic carbocycles. The van der Waals surface area contributed by atoms with Crippen LogP contribution in [0.1, 0.15) is 31.1 Å². The van der Waals surface area contributed by atoms with Gasteiger partial charge in [0.05, 0.1) is 12.7 Å². The maximum Gasteiger partial charge on any atom is 0.337 e. The first kappa shape index (κ1) is 18.0. The summed E-state index contributed by atoms with van der Waals surface area (Å²) in [4.78, 5) is 39.2. The molecule has 3 N–H and O–H groups in total. The van der Waals surface area contributed by atoms with Crippen LogP contribution in [-0.2, 0) is 4.74 Å². The van der Waals surface area contributed by atoms with Crippen molar-refractivity contribution in [3.05, 3.63) is 65.5 Å². The van der Waals surface area contributed by atoms with Crippen LogP contribution in [0.2, 0.25) is 0 Å². The zero-order valence-electron chi connectivity index (χ0n) is 13.1. The van der Waals surface area contributed by atoms with Crippen molar-refractivity contribution < 1.29 is 19.1 Å². The summed E-state index contributed by atoms with van der Waals surface area (Å²) >= 11 is 4.94. The van der Waals surface area contributed by atoms with E-state index >= 15 is 0 Å². The van der Waals surface area contributed by atoms with E-state index < -0.39 is 17.8 Å². The van der Waals surface area contributed by atoms with E-state index in [1.807, 2.05) is 0 Å². The van der Waals surface area contributed by atoms with Crippen molar-refractivity contribution in [2.24, 2.45) is 0 Å². The number of benzene rings is 1. The average molecular weight is 358 g/mol. The number of esters is 1. The van der Waals surface area contributed by atoms with Crippen molar-refractivity contribution in [3.63, 3.8) is 0 Å². The lowest BCUT2D eigenvalue weighted by Gasteiger charge is -2.11. The number of ether oxygens (including phenoxy) is 1. The van der Waals surface area contributed by atoms with E-state index in [0.717, 1.165) is 0 Å². The van der Waals surface area contributed by atoms with Gasteiger partial charge in [0.1, 0.15) is 0 Å². The van der Waals surface area contributed by atoms with Crippen molar-refractivity contribution in [3.8, 4) is 0 Å². The largest absolute Gasteiger partial charge is 0.465 e. The molecule has 0 spiro atoms. The van der Waals surface area contributed by atoms with Gasteiger partial charge in [-0.05, 0) is 42.5 Å². The van der Waals surface area contributed by atoms with Gasteiger partial charge >= 0.3 is 5.97 Å². The van der Waals surface area contributed by atoms with Gasteiger partial charge in [-0.1, -0.05) is 6.07 Å². The number of hydrogen-bond acceptors (Lipinski definition) is 6. The molecular weight excluding hydrogens is 344 g/mol. The van der Waals surface area contributed by atoms with Gasteiger partial charge in [-0.2, -0.15) is 0 Å². The molecule has 0 aliphatic rings. The SMILES string of the molecule is COC(=O)c1cccc(C(=O)NC(=S)NNC(=O)c2ccncc2)c1. The highest BCUT2D eigenvalue weighted by Gasteiger charge is 2.12. The Morgan fingerprint density at radius 2 is 1.64 bits per heavy atom. The molecule has 2 amide bonds. The number of aromatic nitrogens is 1. The fraction of sp³-hybridized carbons (Fsp3) is 0.0625. The van der Waals surface area contributed by atoms with Crippen LogP contribution in [0.25, 0.3) is 0 Å². The van der Waals surface area contributed by atoms with Crippen molar-refractivity contribution in [2.45, 2.75) is 0 Å². The van der Waals surface area contributed by atoms with Gasteiger partial charge in [-0.15, -0.1) is 0 Å². The highest BCUT2D eigenvalue weighted by atomic mass is 32.1. The smallest absolute Gasteiger partial charge is 0.337 e. The molecule has 0 radical (unpaired) electrons. The molecule has 0 saturated carbocycles. The van der Waals surface area contributed by atoms with Crippen LogP contribution in [0.3, 0.4) is 0 Å². The Balaban J connectivity index is 1.91. The molecule has 0 saturated heterocycles. The number of nitrogens with zero attached hydrogens (tertiary/aromatic N) is 1. The van der Waals surface area contributed by atoms with E-state index in [1.165, 1.54) is 49.8 Å². The topological polar surface area (TPSA) is 109 Å². The van der Waals surface area contributed by atoms with Crippen molar-refractivity contribution >= 4 is 35.1 Å². The average Bonchev–Trinajstić information content (AvgIpc) is 2.66. The number of thiocarbonyl (C=S) groups is 1. The van der Waals surface area contributed by atoms with Crippen molar-refractivity contribution in [1.82, 2.24) is 21.2 Å². The number of rotatable bonds is 3. The van der Waals surface area contributed by atoms with E-state index in [-0.39, 0.29) is 16.2 Å². The number of pyridine rings is 1. The quantitative estimate of drug-likeness (QED) is 0.423. The highest BCUT2D eigenvalue weighted by molar-refractivity contribution is 7.80. The maximum absolute atomic E-state index is 12.1. The summed E-state index contributed by atoms with van der Waals surface area (Å²) in [5, 5.41) is 2.29. The Bertz CT molecular complexity index is 811. The Hall–Kier alpha value is -3.33. The molecule has 0 atom stereocenters. The van der Waals surface area contributed by atoms with Crippen molar-refractivity contribution in [1.29, 1.82) is 0 Å². The standard InChI is InChI=1S/C16H14N4O4S/c1-24-15(23)12-4-2-3-11(9-12)13(21)18-16(25)20-19-14(22)10-5-7-17-8-6-10/h2-9H,1H3,(H,19,22)(H2,18,20,21,25). The molecule has 128 valence electrons. The molecule has 0 aliphatic heterocycles. The molecule has 0 aliphatic carbocycles. The van der Waals surface area contributed by atoms with Crippen LogP contribution in [-0.4, -0.2) is 35.0 Å². The summed E-state index contributed by atoms with van der Waals surface area (Å²) in [5.41, 5.74) is 5.59. The van der Waals surface area contributed by atoms with E-state index in [1.54, 1.807) is 6.07 Å². The first-order chi connectivity index (χ1) is 12.0. The minimum Gasteiger partial charge on any atom is -0.465 e. The third kappa shape index (κ3) is 5.08.